The summed E-state index contributed by atoms with van der Waals surface area (Å²) in [6, 6.07) is 15.7. The van der Waals surface area contributed by atoms with E-state index in [0.717, 1.165) is 41.0 Å². The Hall–Kier alpha value is -3.32. The number of rotatable bonds is 7. The number of piperazine rings is 1. The average molecular weight is 489 g/mol. The minimum absolute atomic E-state index is 0.0670. The summed E-state index contributed by atoms with van der Waals surface area (Å²) in [5, 5.41) is 0.934. The number of aromatic nitrogens is 1. The van der Waals surface area contributed by atoms with Gasteiger partial charge in [0.1, 0.15) is 12.3 Å². The molecule has 0 unspecified atom stereocenters. The monoisotopic (exact) mass is 488 g/mol. The van der Waals surface area contributed by atoms with Crippen LogP contribution in [0, 0.1) is 6.92 Å². The van der Waals surface area contributed by atoms with Gasteiger partial charge in [-0.25, -0.2) is 0 Å². The molecule has 0 atom stereocenters. The largest absolute Gasteiger partial charge is 0.494 e. The summed E-state index contributed by atoms with van der Waals surface area (Å²) in [4.78, 5) is 32.4. The van der Waals surface area contributed by atoms with E-state index in [-0.39, 0.29) is 18.4 Å². The summed E-state index contributed by atoms with van der Waals surface area (Å²) in [5.74, 6) is 0.679. The molecule has 7 heteroatoms. The van der Waals surface area contributed by atoms with Gasteiger partial charge in [0.25, 0.3) is 5.91 Å². The van der Waals surface area contributed by atoms with Crippen molar-refractivity contribution in [2.75, 3.05) is 50.8 Å². The molecule has 7 nitrogen and oxygen atoms in total. The van der Waals surface area contributed by atoms with Crippen molar-refractivity contribution in [2.24, 2.45) is 7.05 Å². The maximum Gasteiger partial charge on any atom is 0.256 e. The van der Waals surface area contributed by atoms with Crippen LogP contribution >= 0.6 is 0 Å². The molecule has 1 aromatic heterocycles. The van der Waals surface area contributed by atoms with Gasteiger partial charge < -0.3 is 24.0 Å². The number of amides is 2. The molecule has 2 saturated heterocycles. The van der Waals surface area contributed by atoms with Gasteiger partial charge in [-0.05, 0) is 69.6 Å². The summed E-state index contributed by atoms with van der Waals surface area (Å²) in [6.45, 7) is 7.23. The summed E-state index contributed by atoms with van der Waals surface area (Å²) in [7, 11) is 1.97. The van der Waals surface area contributed by atoms with E-state index in [9.17, 15) is 9.59 Å². The molecule has 0 N–H and O–H groups in total. The highest BCUT2D eigenvalue weighted by molar-refractivity contribution is 6.10. The van der Waals surface area contributed by atoms with E-state index in [0.29, 0.717) is 25.3 Å². The molecule has 2 amide bonds. The quantitative estimate of drug-likeness (QED) is 0.467. The zero-order valence-electron chi connectivity index (χ0n) is 21.4. The molecule has 3 heterocycles. The third kappa shape index (κ3) is 4.98. The highest BCUT2D eigenvalue weighted by Crippen LogP contribution is 2.27. The molecule has 36 heavy (non-hydrogen) atoms. The number of hydrogen-bond acceptors (Lipinski definition) is 4. The lowest BCUT2D eigenvalue weighted by atomic mass is 10.1. The Bertz CT molecular complexity index is 1230. The van der Waals surface area contributed by atoms with Gasteiger partial charge >= 0.3 is 0 Å². The Morgan fingerprint density at radius 1 is 0.944 bits per heavy atom. The first-order valence-electron chi connectivity index (χ1n) is 13.1. The van der Waals surface area contributed by atoms with Crippen molar-refractivity contribution in [3.05, 3.63) is 59.8 Å². The van der Waals surface area contributed by atoms with E-state index in [1.54, 1.807) is 9.80 Å². The zero-order chi connectivity index (χ0) is 25.1. The minimum atomic E-state index is -0.0781. The van der Waals surface area contributed by atoms with Crippen molar-refractivity contribution >= 4 is 28.4 Å². The maximum atomic E-state index is 13.4. The van der Waals surface area contributed by atoms with Gasteiger partial charge in [0.2, 0.25) is 5.91 Å². The number of para-hydroxylation sites is 1. The molecule has 2 aromatic carbocycles. The van der Waals surface area contributed by atoms with E-state index in [1.165, 1.54) is 32.4 Å². The molecule has 190 valence electrons. The molecule has 2 aliphatic rings. The lowest BCUT2D eigenvalue weighted by Gasteiger charge is -2.34. The molecule has 3 aromatic rings. The van der Waals surface area contributed by atoms with Crippen molar-refractivity contribution in [3.8, 4) is 5.75 Å². The summed E-state index contributed by atoms with van der Waals surface area (Å²) < 4.78 is 7.97. The number of fused-ring (bicyclic) bond motifs is 1. The first-order chi connectivity index (χ1) is 17.5. The maximum absolute atomic E-state index is 13.4. The van der Waals surface area contributed by atoms with Crippen LogP contribution in [-0.4, -0.2) is 72.1 Å². The van der Waals surface area contributed by atoms with Crippen LogP contribution in [0.2, 0.25) is 0 Å². The third-order valence-corrected chi connectivity index (χ3v) is 7.61. The molecule has 5 rings (SSSR count). The van der Waals surface area contributed by atoms with Crippen LogP contribution in [0.15, 0.2) is 48.5 Å². The molecular formula is C29H36N4O3. The van der Waals surface area contributed by atoms with E-state index in [1.807, 2.05) is 67.1 Å². The van der Waals surface area contributed by atoms with Gasteiger partial charge in [0.15, 0.2) is 0 Å². The van der Waals surface area contributed by atoms with Gasteiger partial charge in [0, 0.05) is 49.0 Å². The average Bonchev–Trinajstić information content (AvgIpc) is 3.17. The van der Waals surface area contributed by atoms with Gasteiger partial charge in [-0.1, -0.05) is 24.6 Å². The van der Waals surface area contributed by atoms with E-state index < -0.39 is 0 Å². The Morgan fingerprint density at radius 2 is 1.69 bits per heavy atom. The summed E-state index contributed by atoms with van der Waals surface area (Å²) >= 11 is 0. The second kappa shape index (κ2) is 10.7. The fourth-order valence-electron chi connectivity index (χ4n) is 5.45. The molecule has 0 saturated carbocycles. The van der Waals surface area contributed by atoms with E-state index in [2.05, 4.69) is 4.90 Å². The number of carbonyl (C=O) groups is 2. The van der Waals surface area contributed by atoms with Gasteiger partial charge in [0.05, 0.1) is 12.2 Å². The number of ether oxygens (including phenoxy) is 1. The Morgan fingerprint density at radius 3 is 2.44 bits per heavy atom. The number of anilines is 1. The number of carbonyl (C=O) groups excluding carboxylic acids is 2. The van der Waals surface area contributed by atoms with Crippen LogP contribution < -0.4 is 9.64 Å². The smallest absolute Gasteiger partial charge is 0.256 e. The second-order valence-electron chi connectivity index (χ2n) is 9.91. The first-order valence-corrected chi connectivity index (χ1v) is 13.1. The lowest BCUT2D eigenvalue weighted by Crippen LogP contribution is -2.52. The fraction of sp³-hybridized carbons (Fsp3) is 0.448. The summed E-state index contributed by atoms with van der Waals surface area (Å²) in [6.07, 6.45) is 5.00. The SMILES string of the molecule is Cc1c(C(=O)N2CCN(c3ccc(OCCCN4CCCCC4)cc3)C(=O)C2)c2ccccc2n1C. The number of likely N-dealkylation sites (tertiary alicyclic amines) is 1. The summed E-state index contributed by atoms with van der Waals surface area (Å²) in [5.41, 5.74) is 3.48. The van der Waals surface area contributed by atoms with Crippen LogP contribution in [0.4, 0.5) is 5.69 Å². The van der Waals surface area contributed by atoms with Crippen LogP contribution in [0.25, 0.3) is 10.9 Å². The van der Waals surface area contributed by atoms with Crippen molar-refractivity contribution in [3.63, 3.8) is 0 Å². The van der Waals surface area contributed by atoms with Crippen LogP contribution in [0.1, 0.15) is 41.7 Å². The van der Waals surface area contributed by atoms with E-state index in [4.69, 9.17) is 4.74 Å². The van der Waals surface area contributed by atoms with Crippen LogP contribution in [0.5, 0.6) is 5.75 Å². The molecule has 2 aliphatic heterocycles. The molecule has 2 fully saturated rings. The molecule has 0 bridgehead atoms. The topological polar surface area (TPSA) is 58.0 Å². The normalized spacial score (nSPS) is 17.1. The van der Waals surface area contributed by atoms with Crippen molar-refractivity contribution in [2.45, 2.75) is 32.6 Å². The number of aryl methyl sites for hydroxylation is 1. The molecule has 0 radical (unpaired) electrons. The van der Waals surface area contributed by atoms with Crippen molar-refractivity contribution in [1.29, 1.82) is 0 Å². The molecule has 0 aliphatic carbocycles. The van der Waals surface area contributed by atoms with Gasteiger partial charge in [-0.3, -0.25) is 9.59 Å². The predicted octanol–water partition coefficient (Wildman–Crippen LogP) is 4.23. The second-order valence-corrected chi connectivity index (χ2v) is 9.91. The molecule has 0 spiro atoms. The predicted molar refractivity (Wildman–Crippen MR) is 143 cm³/mol. The third-order valence-electron chi connectivity index (χ3n) is 7.61. The number of hydrogen-bond donors (Lipinski definition) is 0. The standard InChI is InChI=1S/C29H36N4O3/c1-22-28(25-9-4-5-10-26(25)30(22)2)29(35)32-18-19-33(27(34)21-32)23-11-13-24(14-12-23)36-20-8-17-31-15-6-3-7-16-31/h4-5,9-14H,3,6-8,15-21H2,1-2H3. The van der Waals surface area contributed by atoms with Gasteiger partial charge in [-0.15, -0.1) is 0 Å². The van der Waals surface area contributed by atoms with Crippen molar-refractivity contribution in [1.82, 2.24) is 14.4 Å². The van der Waals surface area contributed by atoms with Crippen LogP contribution in [0.3, 0.4) is 0 Å². The lowest BCUT2D eigenvalue weighted by molar-refractivity contribution is -0.120. The Balaban J connectivity index is 1.16. The Kier molecular flexibility index (Phi) is 7.28. The fourth-order valence-corrected chi connectivity index (χ4v) is 5.45. The highest BCUT2D eigenvalue weighted by Gasteiger charge is 2.31. The zero-order valence-corrected chi connectivity index (χ0v) is 21.4. The molecular weight excluding hydrogens is 452 g/mol. The van der Waals surface area contributed by atoms with Crippen molar-refractivity contribution < 1.29 is 14.3 Å². The number of nitrogens with zero attached hydrogens (tertiary/aromatic N) is 4. The van der Waals surface area contributed by atoms with Gasteiger partial charge in [-0.2, -0.15) is 0 Å². The number of piperidine rings is 1. The number of benzene rings is 2. The first kappa shape index (κ1) is 24.4. The van der Waals surface area contributed by atoms with Crippen LogP contribution in [-0.2, 0) is 11.8 Å². The minimum Gasteiger partial charge on any atom is -0.494 e. The highest BCUT2D eigenvalue weighted by atomic mass is 16.5. The van der Waals surface area contributed by atoms with E-state index >= 15 is 0 Å². The Labute approximate surface area is 213 Å².